The van der Waals surface area contributed by atoms with Gasteiger partial charge in [-0.05, 0) is 24.5 Å². The molecular formula is C16H21N3O2. The third-order valence-electron chi connectivity index (χ3n) is 3.34. The van der Waals surface area contributed by atoms with Gasteiger partial charge < -0.3 is 10.6 Å². The summed E-state index contributed by atoms with van der Waals surface area (Å²) in [7, 11) is 0. The van der Waals surface area contributed by atoms with E-state index in [1.54, 1.807) is 18.2 Å². The standard InChI is InChI=1S/C16H21N3O2/c1-3-12(4-2)16(21)18-11-13-7-5-6-8-14(13)19-15(20)9-10-17/h5-8,12H,3-4,9,11H2,1-2H3,(H,18,21)(H,19,20). The number of nitrogens with one attached hydrogen (secondary N) is 2. The first kappa shape index (κ1) is 16.7. The molecule has 2 amide bonds. The van der Waals surface area contributed by atoms with Gasteiger partial charge in [-0.2, -0.15) is 5.26 Å². The molecule has 1 rings (SSSR count). The summed E-state index contributed by atoms with van der Waals surface area (Å²) in [6, 6.07) is 9.05. The molecule has 0 spiro atoms. The SMILES string of the molecule is CCC(CC)C(=O)NCc1ccccc1NC(=O)CC#N. The van der Waals surface area contributed by atoms with E-state index in [-0.39, 0.29) is 24.2 Å². The number of benzene rings is 1. The number of nitrogens with zero attached hydrogens (tertiary/aromatic N) is 1. The predicted octanol–water partition coefficient (Wildman–Crippen LogP) is 2.59. The second-order valence-electron chi connectivity index (χ2n) is 4.77. The molecule has 0 radical (unpaired) electrons. The highest BCUT2D eigenvalue weighted by Crippen LogP contribution is 2.16. The zero-order valence-corrected chi connectivity index (χ0v) is 12.5. The second kappa shape index (κ2) is 8.75. The van der Waals surface area contributed by atoms with E-state index >= 15 is 0 Å². The number of para-hydroxylation sites is 1. The van der Waals surface area contributed by atoms with Crippen molar-refractivity contribution in [3.8, 4) is 6.07 Å². The highest BCUT2D eigenvalue weighted by Gasteiger charge is 2.14. The Hall–Kier alpha value is -2.35. The Labute approximate surface area is 125 Å². The minimum absolute atomic E-state index is 0.0188. The number of rotatable bonds is 7. The normalized spacial score (nSPS) is 10.0. The van der Waals surface area contributed by atoms with Crippen molar-refractivity contribution in [2.45, 2.75) is 39.7 Å². The maximum absolute atomic E-state index is 12.0. The summed E-state index contributed by atoms with van der Waals surface area (Å²) < 4.78 is 0. The van der Waals surface area contributed by atoms with Gasteiger partial charge in [0.1, 0.15) is 6.42 Å². The van der Waals surface area contributed by atoms with Crippen LogP contribution in [-0.2, 0) is 16.1 Å². The quantitative estimate of drug-likeness (QED) is 0.808. The Kier molecular flexibility index (Phi) is 6.96. The summed E-state index contributed by atoms with van der Waals surface area (Å²) in [5.41, 5.74) is 1.45. The van der Waals surface area contributed by atoms with Crippen LogP contribution in [0.25, 0.3) is 0 Å². The Morgan fingerprint density at radius 3 is 2.52 bits per heavy atom. The molecule has 0 aliphatic heterocycles. The van der Waals surface area contributed by atoms with Crippen LogP contribution < -0.4 is 10.6 Å². The van der Waals surface area contributed by atoms with E-state index < -0.39 is 0 Å². The Morgan fingerprint density at radius 1 is 1.24 bits per heavy atom. The molecule has 21 heavy (non-hydrogen) atoms. The van der Waals surface area contributed by atoms with Crippen LogP contribution in [0.15, 0.2) is 24.3 Å². The van der Waals surface area contributed by atoms with Gasteiger partial charge in [0.05, 0.1) is 6.07 Å². The van der Waals surface area contributed by atoms with Gasteiger partial charge in [-0.25, -0.2) is 0 Å². The molecule has 0 bridgehead atoms. The molecule has 0 heterocycles. The lowest BCUT2D eigenvalue weighted by Crippen LogP contribution is -2.30. The summed E-state index contributed by atoms with van der Waals surface area (Å²) in [5.74, 6) is -0.306. The van der Waals surface area contributed by atoms with Gasteiger partial charge in [0, 0.05) is 18.2 Å². The van der Waals surface area contributed by atoms with Gasteiger partial charge in [-0.3, -0.25) is 9.59 Å². The van der Waals surface area contributed by atoms with E-state index in [4.69, 9.17) is 5.26 Å². The van der Waals surface area contributed by atoms with Crippen LogP contribution >= 0.6 is 0 Å². The second-order valence-corrected chi connectivity index (χ2v) is 4.77. The lowest BCUT2D eigenvalue weighted by molar-refractivity contribution is -0.125. The van der Waals surface area contributed by atoms with Gasteiger partial charge >= 0.3 is 0 Å². The zero-order chi connectivity index (χ0) is 15.7. The molecule has 0 fully saturated rings. The van der Waals surface area contributed by atoms with Crippen LogP contribution in [0.5, 0.6) is 0 Å². The average Bonchev–Trinajstić information content (AvgIpc) is 2.48. The first-order valence-corrected chi connectivity index (χ1v) is 7.14. The molecule has 0 aromatic heterocycles. The third kappa shape index (κ3) is 5.27. The van der Waals surface area contributed by atoms with E-state index in [1.165, 1.54) is 0 Å². The van der Waals surface area contributed by atoms with Crippen molar-refractivity contribution in [3.63, 3.8) is 0 Å². The van der Waals surface area contributed by atoms with Crippen LogP contribution in [0, 0.1) is 17.2 Å². The molecule has 1 aromatic carbocycles. The molecule has 0 atom stereocenters. The first-order chi connectivity index (χ1) is 10.1. The molecule has 112 valence electrons. The lowest BCUT2D eigenvalue weighted by Gasteiger charge is -2.15. The zero-order valence-electron chi connectivity index (χ0n) is 12.5. The number of amides is 2. The van der Waals surface area contributed by atoms with E-state index in [2.05, 4.69) is 10.6 Å². The van der Waals surface area contributed by atoms with Gasteiger partial charge in [-0.1, -0.05) is 32.0 Å². The largest absolute Gasteiger partial charge is 0.352 e. The van der Waals surface area contributed by atoms with E-state index in [9.17, 15) is 9.59 Å². The molecule has 0 saturated heterocycles. The molecule has 2 N–H and O–H groups in total. The monoisotopic (exact) mass is 287 g/mol. The number of anilines is 1. The van der Waals surface area contributed by atoms with Crippen molar-refractivity contribution in [1.82, 2.24) is 5.32 Å². The number of carbonyl (C=O) groups excluding carboxylic acids is 2. The van der Waals surface area contributed by atoms with E-state index in [1.807, 2.05) is 26.0 Å². The molecule has 0 aliphatic carbocycles. The molecule has 5 nitrogen and oxygen atoms in total. The summed E-state index contributed by atoms with van der Waals surface area (Å²) in [4.78, 5) is 23.5. The Morgan fingerprint density at radius 2 is 1.90 bits per heavy atom. The molecule has 1 aromatic rings. The van der Waals surface area contributed by atoms with Crippen molar-refractivity contribution in [1.29, 1.82) is 5.26 Å². The van der Waals surface area contributed by atoms with Gasteiger partial charge in [0.25, 0.3) is 0 Å². The Bertz CT molecular complexity index is 531. The van der Waals surface area contributed by atoms with Crippen molar-refractivity contribution in [3.05, 3.63) is 29.8 Å². The van der Waals surface area contributed by atoms with Gasteiger partial charge in [0.15, 0.2) is 0 Å². The van der Waals surface area contributed by atoms with Gasteiger partial charge in [-0.15, -0.1) is 0 Å². The molecule has 5 heteroatoms. The predicted molar refractivity (Wildman–Crippen MR) is 81.2 cm³/mol. The van der Waals surface area contributed by atoms with Crippen LogP contribution in [0.4, 0.5) is 5.69 Å². The fraction of sp³-hybridized carbons (Fsp3) is 0.438. The van der Waals surface area contributed by atoms with Crippen molar-refractivity contribution < 1.29 is 9.59 Å². The van der Waals surface area contributed by atoms with E-state index in [0.717, 1.165) is 18.4 Å². The third-order valence-corrected chi connectivity index (χ3v) is 3.34. The molecular weight excluding hydrogens is 266 g/mol. The van der Waals surface area contributed by atoms with E-state index in [0.29, 0.717) is 12.2 Å². The van der Waals surface area contributed by atoms with Gasteiger partial charge in [0.2, 0.25) is 11.8 Å². The number of hydrogen-bond donors (Lipinski definition) is 2. The van der Waals surface area contributed by atoms with Crippen molar-refractivity contribution in [2.24, 2.45) is 5.92 Å². The molecule has 0 unspecified atom stereocenters. The van der Waals surface area contributed by atoms with Crippen LogP contribution in [0.2, 0.25) is 0 Å². The number of nitriles is 1. The van der Waals surface area contributed by atoms with Crippen molar-refractivity contribution in [2.75, 3.05) is 5.32 Å². The maximum atomic E-state index is 12.0. The lowest BCUT2D eigenvalue weighted by atomic mass is 10.0. The number of hydrogen-bond acceptors (Lipinski definition) is 3. The van der Waals surface area contributed by atoms with Crippen LogP contribution in [0.3, 0.4) is 0 Å². The minimum atomic E-state index is -0.351. The molecule has 0 aliphatic rings. The minimum Gasteiger partial charge on any atom is -0.352 e. The fourth-order valence-electron chi connectivity index (χ4n) is 2.05. The van der Waals surface area contributed by atoms with Crippen LogP contribution in [-0.4, -0.2) is 11.8 Å². The average molecular weight is 287 g/mol. The Balaban J connectivity index is 2.69. The maximum Gasteiger partial charge on any atom is 0.238 e. The topological polar surface area (TPSA) is 82.0 Å². The highest BCUT2D eigenvalue weighted by atomic mass is 16.2. The smallest absolute Gasteiger partial charge is 0.238 e. The summed E-state index contributed by atoms with van der Waals surface area (Å²) in [6.45, 7) is 4.34. The fourth-order valence-corrected chi connectivity index (χ4v) is 2.05. The summed E-state index contributed by atoms with van der Waals surface area (Å²) in [6.07, 6.45) is 1.43. The number of carbonyl (C=O) groups is 2. The summed E-state index contributed by atoms with van der Waals surface area (Å²) in [5, 5.41) is 14.1. The summed E-state index contributed by atoms with van der Waals surface area (Å²) >= 11 is 0. The highest BCUT2D eigenvalue weighted by molar-refractivity contribution is 5.92. The van der Waals surface area contributed by atoms with Crippen LogP contribution in [0.1, 0.15) is 38.7 Å². The first-order valence-electron chi connectivity index (χ1n) is 7.14. The van der Waals surface area contributed by atoms with Crippen molar-refractivity contribution >= 4 is 17.5 Å². The molecule has 0 saturated carbocycles.